The highest BCUT2D eigenvalue weighted by Gasteiger charge is 2.42. The molecule has 1 amide bonds. The van der Waals surface area contributed by atoms with Crippen molar-refractivity contribution in [3.8, 4) is 11.4 Å². The third kappa shape index (κ3) is 4.92. The number of aromatic nitrogens is 2. The minimum absolute atomic E-state index is 0.0125. The van der Waals surface area contributed by atoms with E-state index >= 15 is 0 Å². The highest BCUT2D eigenvalue weighted by molar-refractivity contribution is 5.98. The molecule has 0 atom stereocenters. The topological polar surface area (TPSA) is 82.5 Å². The maximum atomic E-state index is 13.4. The normalized spacial score (nSPS) is 12.4. The molecule has 30 heavy (non-hydrogen) atoms. The molecule has 3 rings (SSSR count). The summed E-state index contributed by atoms with van der Waals surface area (Å²) in [6.45, 7) is 8.08. The SMILES string of the molecule is CC.CC.COC(=O)c1cc(OC)ccc1-n1nc(C(F)(F)F)c2c1C(=O)NCC2. The number of nitrogens with one attached hydrogen (secondary N) is 1. The Kier molecular flexibility index (Phi) is 8.88. The van der Waals surface area contributed by atoms with E-state index in [-0.39, 0.29) is 35.5 Å². The van der Waals surface area contributed by atoms with Gasteiger partial charge in [0.2, 0.25) is 0 Å². The van der Waals surface area contributed by atoms with Crippen LogP contribution in [0.5, 0.6) is 5.75 Å². The van der Waals surface area contributed by atoms with Gasteiger partial charge < -0.3 is 14.8 Å². The van der Waals surface area contributed by atoms with Gasteiger partial charge in [-0.1, -0.05) is 27.7 Å². The summed E-state index contributed by atoms with van der Waals surface area (Å²) in [5, 5.41) is 6.09. The van der Waals surface area contributed by atoms with Gasteiger partial charge in [-0.05, 0) is 24.6 Å². The van der Waals surface area contributed by atoms with Crippen molar-refractivity contribution < 1.29 is 32.2 Å². The third-order valence-corrected chi connectivity index (χ3v) is 3.96. The molecule has 1 aliphatic heterocycles. The van der Waals surface area contributed by atoms with Crippen LogP contribution in [0.3, 0.4) is 0 Å². The Morgan fingerprint density at radius 2 is 1.80 bits per heavy atom. The van der Waals surface area contributed by atoms with Gasteiger partial charge in [-0.3, -0.25) is 4.79 Å². The van der Waals surface area contributed by atoms with E-state index in [9.17, 15) is 22.8 Å². The molecule has 0 spiro atoms. The van der Waals surface area contributed by atoms with Crippen LogP contribution in [0.4, 0.5) is 13.2 Å². The number of nitrogens with zero attached hydrogens (tertiary/aromatic N) is 2. The first kappa shape index (κ1) is 25.0. The average molecular weight is 429 g/mol. The highest BCUT2D eigenvalue weighted by Crippen LogP contribution is 2.35. The molecular formula is C20H26F3N3O4. The van der Waals surface area contributed by atoms with E-state index in [0.717, 1.165) is 11.8 Å². The number of esters is 1. The monoisotopic (exact) mass is 429 g/mol. The van der Waals surface area contributed by atoms with E-state index in [0.29, 0.717) is 5.75 Å². The summed E-state index contributed by atoms with van der Waals surface area (Å²) in [5.41, 5.74) is -1.69. The molecule has 2 aromatic rings. The molecule has 0 saturated carbocycles. The average Bonchev–Trinajstić information content (AvgIpc) is 3.17. The molecule has 2 heterocycles. The second kappa shape index (κ2) is 10.7. The molecule has 0 bridgehead atoms. The Morgan fingerprint density at radius 1 is 1.17 bits per heavy atom. The molecule has 1 aliphatic rings. The van der Waals surface area contributed by atoms with Crippen LogP contribution >= 0.6 is 0 Å². The fraction of sp³-hybridized carbons (Fsp3) is 0.450. The van der Waals surface area contributed by atoms with Gasteiger partial charge in [0.05, 0.1) is 25.5 Å². The number of benzene rings is 1. The zero-order valence-electron chi connectivity index (χ0n) is 17.8. The highest BCUT2D eigenvalue weighted by atomic mass is 19.4. The maximum Gasteiger partial charge on any atom is 0.435 e. The number of hydrogen-bond donors (Lipinski definition) is 1. The standard InChI is InChI=1S/C16H14F3N3O4.2C2H6/c1-25-8-3-4-11(10(7-8)15(24)26-2)22-12-9(5-6-20-14(12)23)13(21-22)16(17,18)19;2*1-2/h3-4,7H,5-6H2,1-2H3,(H,20,23);2*1-2H3. The van der Waals surface area contributed by atoms with Crippen molar-refractivity contribution in [1.29, 1.82) is 0 Å². The molecule has 166 valence electrons. The van der Waals surface area contributed by atoms with Crippen LogP contribution < -0.4 is 10.1 Å². The lowest BCUT2D eigenvalue weighted by Gasteiger charge is -2.16. The van der Waals surface area contributed by atoms with Crippen molar-refractivity contribution in [1.82, 2.24) is 15.1 Å². The van der Waals surface area contributed by atoms with Crippen molar-refractivity contribution >= 4 is 11.9 Å². The molecule has 1 aromatic carbocycles. The summed E-state index contributed by atoms with van der Waals surface area (Å²) in [6.07, 6.45) is -4.75. The Bertz CT molecular complexity index is 892. The maximum absolute atomic E-state index is 13.4. The molecule has 1 N–H and O–H groups in total. The van der Waals surface area contributed by atoms with E-state index in [1.54, 1.807) is 0 Å². The number of ether oxygens (including phenoxy) is 2. The van der Waals surface area contributed by atoms with Crippen molar-refractivity contribution in [3.63, 3.8) is 0 Å². The van der Waals surface area contributed by atoms with E-state index in [2.05, 4.69) is 15.2 Å². The number of fused-ring (bicyclic) bond motifs is 1. The number of carbonyl (C=O) groups excluding carboxylic acids is 2. The van der Waals surface area contributed by atoms with Crippen LogP contribution in [-0.2, 0) is 17.3 Å². The number of hydrogen-bond acceptors (Lipinski definition) is 5. The lowest BCUT2D eigenvalue weighted by Crippen LogP contribution is -2.34. The number of methoxy groups -OCH3 is 2. The molecule has 0 unspecified atom stereocenters. The Labute approximate surface area is 173 Å². The van der Waals surface area contributed by atoms with Crippen molar-refractivity contribution in [2.24, 2.45) is 0 Å². The fourth-order valence-electron chi connectivity index (χ4n) is 2.81. The minimum Gasteiger partial charge on any atom is -0.497 e. The second-order valence-corrected chi connectivity index (χ2v) is 5.47. The van der Waals surface area contributed by atoms with Gasteiger partial charge in [0.25, 0.3) is 5.91 Å². The van der Waals surface area contributed by atoms with Crippen LogP contribution in [0.15, 0.2) is 18.2 Å². The molecule has 7 nitrogen and oxygen atoms in total. The lowest BCUT2D eigenvalue weighted by atomic mass is 10.0. The van der Waals surface area contributed by atoms with Crippen LogP contribution in [0.25, 0.3) is 5.69 Å². The number of amides is 1. The van der Waals surface area contributed by atoms with Crippen molar-refractivity contribution in [2.45, 2.75) is 40.3 Å². The molecule has 0 fully saturated rings. The van der Waals surface area contributed by atoms with Crippen molar-refractivity contribution in [2.75, 3.05) is 20.8 Å². The van der Waals surface area contributed by atoms with E-state index in [4.69, 9.17) is 4.74 Å². The Hall–Kier alpha value is -3.04. The van der Waals surface area contributed by atoms with E-state index < -0.39 is 23.7 Å². The largest absolute Gasteiger partial charge is 0.497 e. The predicted molar refractivity (Wildman–Crippen MR) is 105 cm³/mol. The summed E-state index contributed by atoms with van der Waals surface area (Å²) in [7, 11) is 2.51. The fourth-order valence-corrected chi connectivity index (χ4v) is 2.81. The minimum atomic E-state index is -4.73. The molecule has 0 saturated heterocycles. The van der Waals surface area contributed by atoms with Crippen molar-refractivity contribution in [3.05, 3.63) is 40.7 Å². The zero-order valence-corrected chi connectivity index (χ0v) is 17.8. The first-order chi connectivity index (χ1) is 14.3. The van der Waals surface area contributed by atoms with Crippen LogP contribution in [0.2, 0.25) is 0 Å². The van der Waals surface area contributed by atoms with Crippen LogP contribution in [-0.4, -0.2) is 42.4 Å². The van der Waals surface area contributed by atoms with Gasteiger partial charge in [-0.2, -0.15) is 18.3 Å². The summed E-state index contributed by atoms with van der Waals surface area (Å²) >= 11 is 0. The summed E-state index contributed by atoms with van der Waals surface area (Å²) in [4.78, 5) is 24.3. The van der Waals surface area contributed by atoms with Gasteiger partial charge in [-0.15, -0.1) is 0 Å². The summed E-state index contributed by atoms with van der Waals surface area (Å²) < 4.78 is 50.6. The van der Waals surface area contributed by atoms with Gasteiger partial charge in [0, 0.05) is 12.1 Å². The van der Waals surface area contributed by atoms with Gasteiger partial charge >= 0.3 is 12.1 Å². The van der Waals surface area contributed by atoms with E-state index in [1.165, 1.54) is 25.3 Å². The Balaban J connectivity index is 0.00000106. The first-order valence-electron chi connectivity index (χ1n) is 9.52. The molecular weight excluding hydrogens is 403 g/mol. The molecule has 10 heteroatoms. The zero-order chi connectivity index (χ0) is 23.1. The van der Waals surface area contributed by atoms with E-state index in [1.807, 2.05) is 27.7 Å². The Morgan fingerprint density at radius 3 is 2.33 bits per heavy atom. The third-order valence-electron chi connectivity index (χ3n) is 3.96. The summed E-state index contributed by atoms with van der Waals surface area (Å²) in [5.74, 6) is -1.19. The first-order valence-corrected chi connectivity index (χ1v) is 9.52. The second-order valence-electron chi connectivity index (χ2n) is 5.47. The quantitative estimate of drug-likeness (QED) is 0.745. The lowest BCUT2D eigenvalue weighted by molar-refractivity contribution is -0.141. The summed E-state index contributed by atoms with van der Waals surface area (Å²) in [6, 6.07) is 4.10. The van der Waals surface area contributed by atoms with Gasteiger partial charge in [0.15, 0.2) is 5.69 Å². The smallest absolute Gasteiger partial charge is 0.435 e. The number of carbonyl (C=O) groups is 2. The molecule has 0 radical (unpaired) electrons. The molecule has 1 aromatic heterocycles. The number of rotatable bonds is 3. The number of halogens is 3. The molecule has 0 aliphatic carbocycles. The number of alkyl halides is 3. The van der Waals surface area contributed by atoms with Crippen LogP contribution in [0, 0.1) is 0 Å². The van der Waals surface area contributed by atoms with Gasteiger partial charge in [0.1, 0.15) is 11.4 Å². The van der Waals surface area contributed by atoms with Crippen LogP contribution in [0.1, 0.15) is 59.8 Å². The van der Waals surface area contributed by atoms with Gasteiger partial charge in [-0.25, -0.2) is 9.48 Å². The predicted octanol–water partition coefficient (Wildman–Crippen LogP) is 4.02.